The van der Waals surface area contributed by atoms with E-state index in [0.29, 0.717) is 11.5 Å². The van der Waals surface area contributed by atoms with E-state index in [2.05, 4.69) is 21.3 Å². The molecule has 0 N–H and O–H groups in total. The van der Waals surface area contributed by atoms with Gasteiger partial charge in [0.2, 0.25) is 0 Å². The minimum absolute atomic E-state index is 0.00561. The van der Waals surface area contributed by atoms with Gasteiger partial charge in [-0.2, -0.15) is 5.26 Å². The largest absolute Gasteiger partial charge is 0.259 e. The first-order valence-electron chi connectivity index (χ1n) is 5.33. The Morgan fingerprint density at radius 3 is 2.94 bits per heavy atom. The Kier molecular flexibility index (Phi) is 3.29. The van der Waals surface area contributed by atoms with Gasteiger partial charge in [-0.25, -0.2) is 4.98 Å². The molecule has 1 atom stereocenters. The molecule has 2 rings (SSSR count). The topological polar surface area (TPSA) is 66.9 Å². The second-order valence-electron chi connectivity index (χ2n) is 4.00. The summed E-state index contributed by atoms with van der Waals surface area (Å²) in [5.74, 6) is 1.34. The lowest BCUT2D eigenvalue weighted by Gasteiger charge is -2.04. The van der Waals surface area contributed by atoms with Crippen molar-refractivity contribution >= 4 is 17.5 Å². The molecule has 5 nitrogen and oxygen atoms in total. The average Bonchev–Trinajstić information content (AvgIpc) is 2.69. The lowest BCUT2D eigenvalue weighted by molar-refractivity contribution is 0.844. The van der Waals surface area contributed by atoms with Crippen LogP contribution in [0.15, 0.2) is 11.2 Å². The molecule has 2 heterocycles. The number of fused-ring (bicyclic) bond motifs is 1. The first-order chi connectivity index (χ1) is 8.11. The fraction of sp³-hybridized carbons (Fsp3) is 0.455. The molecule has 0 amide bonds. The normalized spacial score (nSPS) is 12.6. The number of nitrogens with zero attached hydrogens (tertiary/aromatic N) is 5. The van der Waals surface area contributed by atoms with Gasteiger partial charge in [0, 0.05) is 17.1 Å². The molecule has 6 heteroatoms. The van der Waals surface area contributed by atoms with Crippen LogP contribution >= 0.6 is 11.8 Å². The monoisotopic (exact) mass is 247 g/mol. The van der Waals surface area contributed by atoms with Crippen molar-refractivity contribution in [1.82, 2.24) is 19.6 Å². The maximum Gasteiger partial charge on any atom is 0.256 e. The highest BCUT2D eigenvalue weighted by Gasteiger charge is 2.11. The van der Waals surface area contributed by atoms with Crippen molar-refractivity contribution in [3.8, 4) is 6.07 Å². The van der Waals surface area contributed by atoms with E-state index in [-0.39, 0.29) is 5.92 Å². The van der Waals surface area contributed by atoms with Crippen molar-refractivity contribution in [2.24, 2.45) is 5.92 Å². The Hall–Kier alpha value is -1.61. The molecule has 0 aliphatic rings. The molecule has 0 aliphatic heterocycles. The zero-order chi connectivity index (χ0) is 12.4. The summed E-state index contributed by atoms with van der Waals surface area (Å²) >= 11 is 1.54. The van der Waals surface area contributed by atoms with E-state index < -0.39 is 0 Å². The summed E-state index contributed by atoms with van der Waals surface area (Å²) in [6.07, 6.45) is 0. The van der Waals surface area contributed by atoms with Gasteiger partial charge >= 0.3 is 0 Å². The van der Waals surface area contributed by atoms with Crippen LogP contribution in [-0.4, -0.2) is 25.3 Å². The van der Waals surface area contributed by atoms with Crippen molar-refractivity contribution in [1.29, 1.82) is 5.26 Å². The van der Waals surface area contributed by atoms with Crippen molar-refractivity contribution in [3.63, 3.8) is 0 Å². The smallest absolute Gasteiger partial charge is 0.256 e. The summed E-state index contributed by atoms with van der Waals surface area (Å²) in [5, 5.41) is 17.7. The maximum absolute atomic E-state index is 8.75. The van der Waals surface area contributed by atoms with Gasteiger partial charge in [0.15, 0.2) is 5.16 Å². The Morgan fingerprint density at radius 1 is 1.47 bits per heavy atom. The van der Waals surface area contributed by atoms with Crippen LogP contribution in [0.25, 0.3) is 5.78 Å². The predicted octanol–water partition coefficient (Wildman–Crippen LogP) is 1.99. The lowest BCUT2D eigenvalue weighted by atomic mass is 10.3. The van der Waals surface area contributed by atoms with Crippen LogP contribution in [0.3, 0.4) is 0 Å². The van der Waals surface area contributed by atoms with Gasteiger partial charge in [-0.15, -0.1) is 10.2 Å². The van der Waals surface area contributed by atoms with Gasteiger partial charge in [-0.3, -0.25) is 4.40 Å². The van der Waals surface area contributed by atoms with E-state index in [0.717, 1.165) is 16.5 Å². The zero-order valence-electron chi connectivity index (χ0n) is 10.0. The molecule has 0 radical (unpaired) electrons. The number of nitriles is 1. The highest BCUT2D eigenvalue weighted by molar-refractivity contribution is 7.99. The van der Waals surface area contributed by atoms with Crippen LogP contribution < -0.4 is 0 Å². The lowest BCUT2D eigenvalue weighted by Crippen LogP contribution is -1.99. The van der Waals surface area contributed by atoms with Crippen LogP contribution in [0.5, 0.6) is 0 Å². The van der Waals surface area contributed by atoms with Gasteiger partial charge in [0.05, 0.1) is 12.0 Å². The van der Waals surface area contributed by atoms with Crippen LogP contribution in [0.2, 0.25) is 0 Å². The number of thioether (sulfide) groups is 1. The van der Waals surface area contributed by atoms with Crippen LogP contribution in [0.1, 0.15) is 18.3 Å². The summed E-state index contributed by atoms with van der Waals surface area (Å²) in [4.78, 5) is 4.32. The highest BCUT2D eigenvalue weighted by Crippen LogP contribution is 2.20. The molecule has 17 heavy (non-hydrogen) atoms. The van der Waals surface area contributed by atoms with Crippen LogP contribution in [-0.2, 0) is 0 Å². The number of aromatic nitrogens is 4. The first-order valence-corrected chi connectivity index (χ1v) is 6.32. The molecule has 0 fully saturated rings. The fourth-order valence-corrected chi connectivity index (χ4v) is 2.46. The minimum Gasteiger partial charge on any atom is -0.259 e. The number of hydrogen-bond donors (Lipinski definition) is 0. The Labute approximate surface area is 104 Å². The predicted molar refractivity (Wildman–Crippen MR) is 65.8 cm³/mol. The molecule has 0 bridgehead atoms. The summed E-state index contributed by atoms with van der Waals surface area (Å²) in [6, 6.07) is 4.20. The van der Waals surface area contributed by atoms with E-state index in [1.54, 1.807) is 0 Å². The summed E-state index contributed by atoms with van der Waals surface area (Å²) in [6.45, 7) is 5.83. The van der Waals surface area contributed by atoms with Crippen LogP contribution in [0.4, 0.5) is 0 Å². The quantitative estimate of drug-likeness (QED) is 0.776. The van der Waals surface area contributed by atoms with E-state index in [1.807, 2.05) is 31.2 Å². The van der Waals surface area contributed by atoms with Crippen molar-refractivity contribution in [3.05, 3.63) is 17.5 Å². The number of hydrogen-bond acceptors (Lipinski definition) is 5. The molecule has 0 aromatic carbocycles. The molecule has 0 aliphatic carbocycles. The molecular weight excluding hydrogens is 234 g/mol. The standard InChI is InChI=1S/C11H13N5S/c1-7(5-12)6-17-11-15-14-10-13-8(2)4-9(3)16(10)11/h4,7H,6H2,1-3H3/t7-/m1/s1. The SMILES string of the molecule is Cc1cc(C)n2c(SC[C@H](C)C#N)nnc2n1. The summed E-state index contributed by atoms with van der Waals surface area (Å²) in [7, 11) is 0. The molecule has 0 saturated heterocycles. The minimum atomic E-state index is 0.00561. The zero-order valence-corrected chi connectivity index (χ0v) is 10.8. The third kappa shape index (κ3) is 2.39. The Balaban J connectivity index is 2.33. The van der Waals surface area contributed by atoms with E-state index >= 15 is 0 Å². The summed E-state index contributed by atoms with van der Waals surface area (Å²) < 4.78 is 1.92. The molecule has 0 unspecified atom stereocenters. The van der Waals surface area contributed by atoms with Gasteiger partial charge < -0.3 is 0 Å². The second-order valence-corrected chi connectivity index (χ2v) is 4.99. The Bertz CT molecular complexity index is 583. The van der Waals surface area contributed by atoms with E-state index in [1.165, 1.54) is 11.8 Å². The Morgan fingerprint density at radius 2 is 2.24 bits per heavy atom. The van der Waals surface area contributed by atoms with Gasteiger partial charge in [0.1, 0.15) is 0 Å². The molecule has 2 aromatic heterocycles. The third-order valence-electron chi connectivity index (χ3n) is 2.35. The fourth-order valence-electron chi connectivity index (χ4n) is 1.53. The first kappa shape index (κ1) is 11.9. The van der Waals surface area contributed by atoms with E-state index in [4.69, 9.17) is 5.26 Å². The molecule has 88 valence electrons. The van der Waals surface area contributed by atoms with E-state index in [9.17, 15) is 0 Å². The van der Waals surface area contributed by atoms with Crippen molar-refractivity contribution in [2.75, 3.05) is 5.75 Å². The molecule has 0 saturated carbocycles. The van der Waals surface area contributed by atoms with Crippen LogP contribution in [0, 0.1) is 31.1 Å². The maximum atomic E-state index is 8.75. The van der Waals surface area contributed by atoms with Gasteiger partial charge in [-0.1, -0.05) is 11.8 Å². The summed E-state index contributed by atoms with van der Waals surface area (Å²) in [5.41, 5.74) is 1.99. The number of aryl methyl sites for hydroxylation is 2. The van der Waals surface area contributed by atoms with Crippen molar-refractivity contribution < 1.29 is 0 Å². The molecular formula is C11H13N5S. The number of rotatable bonds is 3. The molecule has 0 spiro atoms. The third-order valence-corrected chi connectivity index (χ3v) is 3.54. The van der Waals surface area contributed by atoms with Gasteiger partial charge in [-0.05, 0) is 26.8 Å². The highest BCUT2D eigenvalue weighted by atomic mass is 32.2. The second kappa shape index (κ2) is 4.72. The van der Waals surface area contributed by atoms with Gasteiger partial charge in [0.25, 0.3) is 5.78 Å². The van der Waals surface area contributed by atoms with Crippen molar-refractivity contribution in [2.45, 2.75) is 25.9 Å². The molecule has 2 aromatic rings. The average molecular weight is 247 g/mol.